The Morgan fingerprint density at radius 1 is 1.23 bits per heavy atom. The molecule has 4 rings (SSSR count). The Hall–Kier alpha value is -1.36. The van der Waals surface area contributed by atoms with Crippen LogP contribution in [0.2, 0.25) is 0 Å². The molecular weight excluding hydrogens is 278 g/mol. The minimum atomic E-state index is -0.878. The van der Waals surface area contributed by atoms with Gasteiger partial charge in [-0.15, -0.1) is 0 Å². The first kappa shape index (κ1) is 14.2. The monoisotopic (exact) mass is 303 g/mol. The minimum absolute atomic E-state index is 0.188. The SMILES string of the molecule is Cn1ccnc1C1(O)C[C@@H]2CC[C@@H](C1)N2C(=O)C1CCCC1. The van der Waals surface area contributed by atoms with E-state index in [1.807, 2.05) is 17.8 Å². The number of aryl methyl sites for hydroxylation is 1. The number of hydrogen-bond acceptors (Lipinski definition) is 3. The van der Waals surface area contributed by atoms with Crippen molar-refractivity contribution in [1.82, 2.24) is 14.5 Å². The van der Waals surface area contributed by atoms with E-state index in [0.717, 1.165) is 31.5 Å². The molecule has 2 saturated heterocycles. The lowest BCUT2D eigenvalue weighted by Crippen LogP contribution is -2.53. The van der Waals surface area contributed by atoms with Crippen LogP contribution in [0.3, 0.4) is 0 Å². The number of aliphatic hydroxyl groups is 1. The average Bonchev–Trinajstić information content (AvgIpc) is 3.19. The van der Waals surface area contributed by atoms with E-state index < -0.39 is 5.60 Å². The van der Waals surface area contributed by atoms with E-state index in [9.17, 15) is 9.90 Å². The number of carbonyl (C=O) groups excluding carboxylic acids is 1. The van der Waals surface area contributed by atoms with E-state index in [-0.39, 0.29) is 18.0 Å². The van der Waals surface area contributed by atoms with Crippen molar-refractivity contribution < 1.29 is 9.90 Å². The molecule has 1 N–H and O–H groups in total. The summed E-state index contributed by atoms with van der Waals surface area (Å²) in [6.45, 7) is 0. The van der Waals surface area contributed by atoms with Crippen LogP contribution >= 0.6 is 0 Å². The van der Waals surface area contributed by atoms with Crippen LogP contribution in [0.4, 0.5) is 0 Å². The predicted octanol–water partition coefficient (Wildman–Crippen LogP) is 1.95. The van der Waals surface area contributed by atoms with Gasteiger partial charge in [0.05, 0.1) is 0 Å². The summed E-state index contributed by atoms with van der Waals surface area (Å²) in [5.41, 5.74) is -0.878. The van der Waals surface area contributed by atoms with Gasteiger partial charge < -0.3 is 14.6 Å². The van der Waals surface area contributed by atoms with Crippen molar-refractivity contribution in [2.24, 2.45) is 13.0 Å². The van der Waals surface area contributed by atoms with Crippen LogP contribution in [0.1, 0.15) is 57.2 Å². The van der Waals surface area contributed by atoms with Crippen molar-refractivity contribution in [2.45, 2.75) is 69.1 Å². The van der Waals surface area contributed by atoms with Gasteiger partial charge in [-0.3, -0.25) is 4.79 Å². The highest BCUT2D eigenvalue weighted by Crippen LogP contribution is 2.46. The van der Waals surface area contributed by atoms with Gasteiger partial charge >= 0.3 is 0 Å². The molecule has 1 aromatic heterocycles. The van der Waals surface area contributed by atoms with Crippen LogP contribution < -0.4 is 0 Å². The normalized spacial score (nSPS) is 35.3. The number of aromatic nitrogens is 2. The lowest BCUT2D eigenvalue weighted by atomic mass is 9.84. The quantitative estimate of drug-likeness (QED) is 0.908. The number of imidazole rings is 1. The molecule has 2 aliphatic heterocycles. The van der Waals surface area contributed by atoms with E-state index >= 15 is 0 Å². The van der Waals surface area contributed by atoms with E-state index in [2.05, 4.69) is 9.88 Å². The Labute approximate surface area is 131 Å². The third-order valence-corrected chi connectivity index (χ3v) is 5.96. The fraction of sp³-hybridized carbons (Fsp3) is 0.765. The third-order valence-electron chi connectivity index (χ3n) is 5.96. The Balaban J connectivity index is 1.57. The maximum Gasteiger partial charge on any atom is 0.226 e. The summed E-state index contributed by atoms with van der Waals surface area (Å²) in [5, 5.41) is 11.1. The fourth-order valence-corrected chi connectivity index (χ4v) is 4.96. The molecule has 3 aliphatic rings. The third kappa shape index (κ3) is 2.09. The molecule has 22 heavy (non-hydrogen) atoms. The van der Waals surface area contributed by atoms with E-state index in [0.29, 0.717) is 18.7 Å². The van der Waals surface area contributed by atoms with Gasteiger partial charge in [-0.2, -0.15) is 0 Å². The number of amides is 1. The molecule has 2 bridgehead atoms. The Morgan fingerprint density at radius 2 is 1.86 bits per heavy atom. The Bertz CT molecular complexity index is 562. The lowest BCUT2D eigenvalue weighted by molar-refractivity contribution is -0.146. The number of fused-ring (bicyclic) bond motifs is 2. The number of hydrogen-bond donors (Lipinski definition) is 1. The van der Waals surface area contributed by atoms with Crippen LogP contribution in [0.5, 0.6) is 0 Å². The van der Waals surface area contributed by atoms with E-state index in [4.69, 9.17) is 0 Å². The lowest BCUT2D eigenvalue weighted by Gasteiger charge is -2.44. The number of carbonyl (C=O) groups is 1. The van der Waals surface area contributed by atoms with Crippen molar-refractivity contribution in [3.05, 3.63) is 18.2 Å². The van der Waals surface area contributed by atoms with Gasteiger partial charge in [0.1, 0.15) is 11.4 Å². The topological polar surface area (TPSA) is 58.4 Å². The molecule has 0 aromatic carbocycles. The molecule has 1 aromatic rings. The summed E-state index contributed by atoms with van der Waals surface area (Å²) in [4.78, 5) is 19.3. The summed E-state index contributed by atoms with van der Waals surface area (Å²) in [7, 11) is 1.93. The molecule has 1 amide bonds. The maximum atomic E-state index is 12.8. The van der Waals surface area contributed by atoms with Crippen molar-refractivity contribution >= 4 is 5.91 Å². The van der Waals surface area contributed by atoms with Crippen LogP contribution in [0.15, 0.2) is 12.4 Å². The first-order valence-electron chi connectivity index (χ1n) is 8.61. The minimum Gasteiger partial charge on any atom is -0.382 e. The van der Waals surface area contributed by atoms with Crippen LogP contribution in [-0.2, 0) is 17.4 Å². The van der Waals surface area contributed by atoms with Gasteiger partial charge in [0.2, 0.25) is 5.91 Å². The van der Waals surface area contributed by atoms with Crippen molar-refractivity contribution in [1.29, 1.82) is 0 Å². The van der Waals surface area contributed by atoms with Gasteiger partial charge in [0, 0.05) is 50.3 Å². The Morgan fingerprint density at radius 3 is 2.41 bits per heavy atom. The van der Waals surface area contributed by atoms with Crippen LogP contribution in [0, 0.1) is 5.92 Å². The first-order valence-corrected chi connectivity index (χ1v) is 8.61. The van der Waals surface area contributed by atoms with Gasteiger partial charge in [0.25, 0.3) is 0 Å². The molecule has 5 nitrogen and oxygen atoms in total. The molecule has 0 unspecified atom stereocenters. The molecule has 1 aliphatic carbocycles. The van der Waals surface area contributed by atoms with Crippen molar-refractivity contribution in [2.75, 3.05) is 0 Å². The highest BCUT2D eigenvalue weighted by molar-refractivity contribution is 5.80. The van der Waals surface area contributed by atoms with Gasteiger partial charge in [0.15, 0.2) is 0 Å². The summed E-state index contributed by atoms with van der Waals surface area (Å²) < 4.78 is 1.91. The zero-order valence-corrected chi connectivity index (χ0v) is 13.2. The highest BCUT2D eigenvalue weighted by Gasteiger charge is 2.52. The van der Waals surface area contributed by atoms with Crippen LogP contribution in [0.25, 0.3) is 0 Å². The molecule has 120 valence electrons. The molecule has 3 fully saturated rings. The second kappa shape index (κ2) is 5.08. The molecule has 1 saturated carbocycles. The van der Waals surface area contributed by atoms with Gasteiger partial charge in [-0.25, -0.2) is 4.98 Å². The summed E-state index contributed by atoms with van der Waals surface area (Å²) in [6.07, 6.45) is 11.4. The van der Waals surface area contributed by atoms with Crippen LogP contribution in [-0.4, -0.2) is 37.5 Å². The van der Waals surface area contributed by atoms with Crippen molar-refractivity contribution in [3.63, 3.8) is 0 Å². The van der Waals surface area contributed by atoms with Gasteiger partial charge in [-0.1, -0.05) is 12.8 Å². The average molecular weight is 303 g/mol. The summed E-state index contributed by atoms with van der Waals surface area (Å²) >= 11 is 0. The molecular formula is C17H25N3O2. The molecule has 2 atom stereocenters. The largest absolute Gasteiger partial charge is 0.382 e. The Kier molecular flexibility index (Phi) is 3.29. The fourth-order valence-electron chi connectivity index (χ4n) is 4.96. The maximum absolute atomic E-state index is 12.8. The molecule has 0 radical (unpaired) electrons. The number of rotatable bonds is 2. The van der Waals surface area contributed by atoms with E-state index in [1.165, 1.54) is 12.8 Å². The summed E-state index contributed by atoms with van der Waals surface area (Å²) in [5.74, 6) is 1.34. The molecule has 0 spiro atoms. The molecule has 5 heteroatoms. The van der Waals surface area contributed by atoms with E-state index in [1.54, 1.807) is 6.20 Å². The standard InChI is InChI=1S/C17H25N3O2/c1-19-9-8-18-16(19)17(22)10-13-6-7-14(11-17)20(13)15(21)12-4-2-3-5-12/h8-9,12-14,22H,2-7,10-11H2,1H3/t13-,14-/m0/s1. The summed E-state index contributed by atoms with van der Waals surface area (Å²) in [6, 6.07) is 0.377. The number of piperidine rings is 1. The smallest absolute Gasteiger partial charge is 0.226 e. The zero-order chi connectivity index (χ0) is 15.3. The highest BCUT2D eigenvalue weighted by atomic mass is 16.3. The van der Waals surface area contributed by atoms with Crippen molar-refractivity contribution in [3.8, 4) is 0 Å². The second-order valence-corrected chi connectivity index (χ2v) is 7.41. The predicted molar refractivity (Wildman–Crippen MR) is 82.0 cm³/mol. The number of nitrogens with zero attached hydrogens (tertiary/aromatic N) is 3. The second-order valence-electron chi connectivity index (χ2n) is 7.41. The van der Waals surface area contributed by atoms with Gasteiger partial charge in [-0.05, 0) is 25.7 Å². The zero-order valence-electron chi connectivity index (χ0n) is 13.2. The first-order chi connectivity index (χ1) is 10.6. The molecule has 3 heterocycles.